The number of nitrogens with two attached hydrogens (primary N) is 1. The Hall–Kier alpha value is -2.04. The highest BCUT2D eigenvalue weighted by Gasteiger charge is 2.34. The van der Waals surface area contributed by atoms with Crippen LogP contribution in [0.2, 0.25) is 0 Å². The molecule has 3 atom stereocenters. The molecule has 1 saturated carbocycles. The molecule has 5 heteroatoms. The largest absolute Gasteiger partial charge is 0.493 e. The summed E-state index contributed by atoms with van der Waals surface area (Å²) < 4.78 is 5.60. The second-order valence-electron chi connectivity index (χ2n) is 6.14. The van der Waals surface area contributed by atoms with Crippen LogP contribution in [0, 0.1) is 5.92 Å². The summed E-state index contributed by atoms with van der Waals surface area (Å²) in [5, 5.41) is 3.07. The van der Waals surface area contributed by atoms with Crippen LogP contribution in [0.25, 0.3) is 0 Å². The molecule has 2 aliphatic rings. The van der Waals surface area contributed by atoms with Crippen molar-refractivity contribution >= 4 is 11.8 Å². The fourth-order valence-corrected chi connectivity index (χ4v) is 3.54. The molecular formula is C17H22N2O3. The Balaban J connectivity index is 1.73. The average molecular weight is 302 g/mol. The summed E-state index contributed by atoms with van der Waals surface area (Å²) in [5.41, 5.74) is 6.41. The molecule has 1 fully saturated rings. The number of benzene rings is 1. The Bertz CT molecular complexity index is 573. The zero-order valence-corrected chi connectivity index (χ0v) is 12.6. The van der Waals surface area contributed by atoms with Crippen LogP contribution in [0.1, 0.15) is 43.6 Å². The van der Waals surface area contributed by atoms with E-state index in [4.69, 9.17) is 10.5 Å². The Labute approximate surface area is 130 Å². The quantitative estimate of drug-likeness (QED) is 0.892. The molecule has 0 bridgehead atoms. The second kappa shape index (κ2) is 6.38. The summed E-state index contributed by atoms with van der Waals surface area (Å²) in [4.78, 5) is 24.3. The molecule has 1 aliphatic heterocycles. The van der Waals surface area contributed by atoms with Crippen LogP contribution >= 0.6 is 0 Å². The number of fused-ring (bicyclic) bond motifs is 1. The summed E-state index contributed by atoms with van der Waals surface area (Å²) in [6.07, 6.45) is 4.28. The molecule has 3 unspecified atom stereocenters. The van der Waals surface area contributed by atoms with Crippen LogP contribution in [-0.4, -0.2) is 24.5 Å². The molecule has 0 spiro atoms. The van der Waals surface area contributed by atoms with E-state index < -0.39 is 0 Å². The number of rotatable bonds is 3. The van der Waals surface area contributed by atoms with Gasteiger partial charge in [0.25, 0.3) is 0 Å². The monoisotopic (exact) mass is 302 g/mol. The van der Waals surface area contributed by atoms with Crippen molar-refractivity contribution in [2.45, 2.75) is 44.1 Å². The maximum absolute atomic E-state index is 12.7. The summed E-state index contributed by atoms with van der Waals surface area (Å²) in [6, 6.07) is 7.52. The Kier molecular flexibility index (Phi) is 4.32. The number of nitrogens with one attached hydrogen (secondary N) is 1. The van der Waals surface area contributed by atoms with Crippen LogP contribution in [0.4, 0.5) is 0 Å². The SMILES string of the molecule is NC(=O)C1CCCCC1NC(=O)C1CCOc2ccccc21. The van der Waals surface area contributed by atoms with Gasteiger partial charge >= 0.3 is 0 Å². The maximum atomic E-state index is 12.7. The lowest BCUT2D eigenvalue weighted by molar-refractivity contribution is -0.127. The number of primary amides is 1. The maximum Gasteiger partial charge on any atom is 0.228 e. The molecule has 0 radical (unpaired) electrons. The van der Waals surface area contributed by atoms with Crippen LogP contribution in [0.3, 0.4) is 0 Å². The van der Waals surface area contributed by atoms with Gasteiger partial charge in [-0.15, -0.1) is 0 Å². The average Bonchev–Trinajstić information content (AvgIpc) is 2.54. The van der Waals surface area contributed by atoms with Gasteiger partial charge in [0.05, 0.1) is 18.4 Å². The molecular weight excluding hydrogens is 280 g/mol. The zero-order chi connectivity index (χ0) is 15.5. The molecule has 1 heterocycles. The summed E-state index contributed by atoms with van der Waals surface area (Å²) in [7, 11) is 0. The highest BCUT2D eigenvalue weighted by atomic mass is 16.5. The number of carbonyl (C=O) groups is 2. The smallest absolute Gasteiger partial charge is 0.228 e. The molecule has 2 amide bonds. The van der Waals surface area contributed by atoms with Crippen molar-refractivity contribution < 1.29 is 14.3 Å². The normalized spacial score (nSPS) is 27.4. The van der Waals surface area contributed by atoms with Crippen molar-refractivity contribution in [3.8, 4) is 5.75 Å². The highest BCUT2D eigenvalue weighted by Crippen LogP contribution is 2.34. The first-order valence-electron chi connectivity index (χ1n) is 7.98. The third-order valence-electron chi connectivity index (χ3n) is 4.73. The Morgan fingerprint density at radius 1 is 1.14 bits per heavy atom. The van der Waals surface area contributed by atoms with Gasteiger partial charge in [-0.1, -0.05) is 31.0 Å². The number of hydrogen-bond donors (Lipinski definition) is 2. The van der Waals surface area contributed by atoms with Gasteiger partial charge in [0.15, 0.2) is 0 Å². The lowest BCUT2D eigenvalue weighted by Crippen LogP contribution is -2.48. The zero-order valence-electron chi connectivity index (χ0n) is 12.6. The van der Waals surface area contributed by atoms with Crippen molar-refractivity contribution in [1.29, 1.82) is 0 Å². The van der Waals surface area contributed by atoms with Gasteiger partial charge in [0, 0.05) is 11.6 Å². The molecule has 22 heavy (non-hydrogen) atoms. The van der Waals surface area contributed by atoms with Crippen LogP contribution in [-0.2, 0) is 9.59 Å². The molecule has 3 rings (SSSR count). The predicted molar refractivity (Wildman–Crippen MR) is 82.4 cm³/mol. The van der Waals surface area contributed by atoms with Gasteiger partial charge in [-0.3, -0.25) is 9.59 Å². The molecule has 1 aromatic rings. The van der Waals surface area contributed by atoms with Gasteiger partial charge < -0.3 is 15.8 Å². The Morgan fingerprint density at radius 3 is 2.73 bits per heavy atom. The van der Waals surface area contributed by atoms with Crippen molar-refractivity contribution in [2.75, 3.05) is 6.61 Å². The minimum Gasteiger partial charge on any atom is -0.493 e. The fraction of sp³-hybridized carbons (Fsp3) is 0.529. The van der Waals surface area contributed by atoms with E-state index in [-0.39, 0.29) is 29.7 Å². The first-order chi connectivity index (χ1) is 10.7. The van der Waals surface area contributed by atoms with Crippen LogP contribution < -0.4 is 15.8 Å². The highest BCUT2D eigenvalue weighted by molar-refractivity contribution is 5.86. The van der Waals surface area contributed by atoms with E-state index in [1.165, 1.54) is 0 Å². The van der Waals surface area contributed by atoms with E-state index >= 15 is 0 Å². The van der Waals surface area contributed by atoms with Gasteiger partial charge in [0.1, 0.15) is 5.75 Å². The van der Waals surface area contributed by atoms with E-state index in [1.807, 2.05) is 24.3 Å². The molecule has 118 valence electrons. The van der Waals surface area contributed by atoms with Crippen molar-refractivity contribution in [3.05, 3.63) is 29.8 Å². The molecule has 3 N–H and O–H groups in total. The van der Waals surface area contributed by atoms with Crippen LogP contribution in [0.5, 0.6) is 5.75 Å². The van der Waals surface area contributed by atoms with E-state index in [0.29, 0.717) is 13.0 Å². The third-order valence-corrected chi connectivity index (χ3v) is 4.73. The van der Waals surface area contributed by atoms with Crippen molar-refractivity contribution in [3.63, 3.8) is 0 Å². The second-order valence-corrected chi connectivity index (χ2v) is 6.14. The summed E-state index contributed by atoms with van der Waals surface area (Å²) in [5.74, 6) is 0.00320. The first-order valence-corrected chi connectivity index (χ1v) is 7.98. The molecule has 1 aromatic carbocycles. The fourth-order valence-electron chi connectivity index (χ4n) is 3.54. The van der Waals surface area contributed by atoms with Crippen molar-refractivity contribution in [2.24, 2.45) is 11.7 Å². The molecule has 1 aliphatic carbocycles. The molecule has 0 saturated heterocycles. The number of para-hydroxylation sites is 1. The first kappa shape index (κ1) is 14.9. The third kappa shape index (κ3) is 2.93. The van der Waals surface area contributed by atoms with E-state index in [1.54, 1.807) is 0 Å². The van der Waals surface area contributed by atoms with E-state index in [9.17, 15) is 9.59 Å². The molecule has 0 aromatic heterocycles. The number of hydrogen-bond acceptors (Lipinski definition) is 3. The van der Waals surface area contributed by atoms with Crippen LogP contribution in [0.15, 0.2) is 24.3 Å². The number of carbonyl (C=O) groups excluding carboxylic acids is 2. The van der Waals surface area contributed by atoms with E-state index in [0.717, 1.165) is 37.0 Å². The van der Waals surface area contributed by atoms with Crippen molar-refractivity contribution in [1.82, 2.24) is 5.32 Å². The Morgan fingerprint density at radius 2 is 1.91 bits per heavy atom. The van der Waals surface area contributed by atoms with Gasteiger partial charge in [0.2, 0.25) is 11.8 Å². The number of ether oxygens (including phenoxy) is 1. The topological polar surface area (TPSA) is 81.4 Å². The number of amides is 2. The minimum atomic E-state index is -0.308. The lowest BCUT2D eigenvalue weighted by Gasteiger charge is -2.32. The van der Waals surface area contributed by atoms with E-state index in [2.05, 4.69) is 5.32 Å². The molecule has 5 nitrogen and oxygen atoms in total. The van der Waals surface area contributed by atoms with Gasteiger partial charge in [-0.05, 0) is 25.3 Å². The summed E-state index contributed by atoms with van der Waals surface area (Å²) >= 11 is 0. The van der Waals surface area contributed by atoms with Gasteiger partial charge in [-0.2, -0.15) is 0 Å². The minimum absolute atomic E-state index is 0.0195. The lowest BCUT2D eigenvalue weighted by atomic mass is 9.83. The summed E-state index contributed by atoms with van der Waals surface area (Å²) in [6.45, 7) is 0.541. The predicted octanol–water partition coefficient (Wildman–Crippen LogP) is 1.71. The van der Waals surface area contributed by atoms with Gasteiger partial charge in [-0.25, -0.2) is 0 Å². The standard InChI is InChI=1S/C17H22N2O3/c18-16(20)13-6-1-3-7-14(13)19-17(21)12-9-10-22-15-8-4-2-5-11(12)15/h2,4-5,8,12-14H,1,3,6-7,9-10H2,(H2,18,20)(H,19,21).